The Morgan fingerprint density at radius 1 is 0.848 bits per heavy atom. The first-order valence-corrected chi connectivity index (χ1v) is 18.3. The van der Waals surface area contributed by atoms with E-state index in [1.165, 1.54) is 0 Å². The molecule has 1 amide bonds. The minimum Gasteiger partial charge on any atom is -0.408 e. The summed E-state index contributed by atoms with van der Waals surface area (Å²) in [6.45, 7) is 23.1. The molecule has 0 aliphatic carbocycles. The zero-order valence-electron chi connectivity index (χ0n) is 23.2. The van der Waals surface area contributed by atoms with Gasteiger partial charge in [-0.2, -0.15) is 0 Å². The molecule has 1 aliphatic heterocycles. The molecule has 1 heterocycles. The van der Waals surface area contributed by atoms with Crippen LogP contribution in [-0.2, 0) is 18.4 Å². The van der Waals surface area contributed by atoms with Gasteiger partial charge in [0.05, 0.1) is 6.10 Å². The second kappa shape index (κ2) is 12.3. The molecule has 5 nitrogen and oxygen atoms in total. The smallest absolute Gasteiger partial charge is 0.220 e. The van der Waals surface area contributed by atoms with Gasteiger partial charge >= 0.3 is 0 Å². The van der Waals surface area contributed by atoms with Gasteiger partial charge in [0, 0.05) is 20.1 Å². The van der Waals surface area contributed by atoms with Crippen LogP contribution < -0.4 is 5.32 Å². The highest BCUT2D eigenvalue weighted by atomic mass is 28.4. The maximum absolute atomic E-state index is 12.1. The number of carbonyl (C=O) groups is 1. The van der Waals surface area contributed by atoms with Crippen LogP contribution in [-0.4, -0.2) is 54.5 Å². The van der Waals surface area contributed by atoms with Crippen LogP contribution in [0.4, 0.5) is 0 Å². The molecule has 3 atom stereocenters. The van der Waals surface area contributed by atoms with Crippen LogP contribution in [0.1, 0.15) is 67.2 Å². The van der Waals surface area contributed by atoms with E-state index in [1.807, 2.05) is 6.08 Å². The monoisotopic (exact) mass is 497 g/mol. The lowest BCUT2D eigenvalue weighted by atomic mass is 10.1. The van der Waals surface area contributed by atoms with E-state index in [9.17, 15) is 4.79 Å². The molecule has 1 unspecified atom stereocenters. The van der Waals surface area contributed by atoms with E-state index in [4.69, 9.17) is 13.6 Å². The molecule has 7 heteroatoms. The number of hydrogen-bond acceptors (Lipinski definition) is 4. The SMILES string of the molecule is COC1/C=C\CCCCC(=O)NC/C=C/[C@H](O[Si](C)(C)C(C)(C)C)[C@@H]1O[Si](C)(C)C(C)(C)C. The van der Waals surface area contributed by atoms with Gasteiger partial charge in [-0.25, -0.2) is 0 Å². The van der Waals surface area contributed by atoms with Crippen molar-refractivity contribution >= 4 is 22.5 Å². The summed E-state index contributed by atoms with van der Waals surface area (Å²) >= 11 is 0. The Bertz CT molecular complexity index is 675. The normalized spacial score (nSPS) is 26.9. The van der Waals surface area contributed by atoms with E-state index in [2.05, 4.69) is 91.3 Å². The van der Waals surface area contributed by atoms with Crippen LogP contribution >= 0.6 is 0 Å². The molecule has 0 fully saturated rings. The number of ether oxygens (including phenoxy) is 1. The van der Waals surface area contributed by atoms with E-state index in [1.54, 1.807) is 7.11 Å². The number of rotatable bonds is 5. The highest BCUT2D eigenvalue weighted by molar-refractivity contribution is 6.74. The average Bonchev–Trinajstić information content (AvgIpc) is 2.66. The number of nitrogens with one attached hydrogen (secondary N) is 1. The Morgan fingerprint density at radius 3 is 1.94 bits per heavy atom. The van der Waals surface area contributed by atoms with Gasteiger partial charge in [-0.15, -0.1) is 0 Å². The lowest BCUT2D eigenvalue weighted by molar-refractivity contribution is -0.121. The molecule has 0 saturated carbocycles. The number of carbonyl (C=O) groups excluding carboxylic acids is 1. The molecule has 33 heavy (non-hydrogen) atoms. The topological polar surface area (TPSA) is 56.8 Å². The standard InChI is InChI=1S/C26H51NO4Si2/c1-25(2,3)32(8,9)30-22-18-16-20-27-23(28)19-15-13-12-14-17-21(29-7)24(22)31-33(10,11)26(4,5)6/h14,16-18,21-22,24H,12-13,15,19-20H2,1-11H3,(H,27,28)/b17-14-,18-16+/t21?,22-,24+/m0/s1. The molecule has 0 spiro atoms. The fraction of sp³-hybridized carbons (Fsp3) is 0.808. The van der Waals surface area contributed by atoms with E-state index in [-0.39, 0.29) is 34.3 Å². The third-order valence-corrected chi connectivity index (χ3v) is 16.4. The van der Waals surface area contributed by atoms with Crippen LogP contribution in [0, 0.1) is 0 Å². The molecule has 0 bridgehead atoms. The molecular weight excluding hydrogens is 446 g/mol. The van der Waals surface area contributed by atoms with Crippen LogP contribution in [0.2, 0.25) is 36.3 Å². The minimum atomic E-state index is -2.11. The van der Waals surface area contributed by atoms with Crippen molar-refractivity contribution in [1.82, 2.24) is 5.32 Å². The van der Waals surface area contributed by atoms with Gasteiger partial charge in [-0.05, 0) is 55.5 Å². The van der Waals surface area contributed by atoms with Crippen molar-refractivity contribution in [3.05, 3.63) is 24.3 Å². The highest BCUT2D eigenvalue weighted by Crippen LogP contribution is 2.41. The van der Waals surface area contributed by atoms with E-state index < -0.39 is 16.6 Å². The molecule has 0 aromatic heterocycles. The van der Waals surface area contributed by atoms with E-state index in [0.717, 1.165) is 19.3 Å². The first-order chi connectivity index (χ1) is 15.0. The summed E-state index contributed by atoms with van der Waals surface area (Å²) < 4.78 is 20.0. The van der Waals surface area contributed by atoms with Gasteiger partial charge in [-0.1, -0.05) is 65.8 Å². The predicted octanol–water partition coefficient (Wildman–Crippen LogP) is 6.58. The van der Waals surface area contributed by atoms with Crippen molar-refractivity contribution in [1.29, 1.82) is 0 Å². The lowest BCUT2D eigenvalue weighted by Crippen LogP contribution is -2.54. The van der Waals surface area contributed by atoms with Crippen molar-refractivity contribution in [2.24, 2.45) is 0 Å². The van der Waals surface area contributed by atoms with Crippen molar-refractivity contribution in [2.75, 3.05) is 13.7 Å². The predicted molar refractivity (Wildman–Crippen MR) is 145 cm³/mol. The average molecular weight is 498 g/mol. The van der Waals surface area contributed by atoms with Crippen molar-refractivity contribution in [2.45, 2.75) is 122 Å². The number of methoxy groups -OCH3 is 1. The van der Waals surface area contributed by atoms with E-state index in [0.29, 0.717) is 13.0 Å². The summed E-state index contributed by atoms with van der Waals surface area (Å²) in [5.41, 5.74) is 0. The third kappa shape index (κ3) is 9.44. The molecule has 0 radical (unpaired) electrons. The maximum Gasteiger partial charge on any atom is 0.220 e. The summed E-state index contributed by atoms with van der Waals surface area (Å²) in [7, 11) is -2.46. The molecule has 192 valence electrons. The molecule has 1 N–H and O–H groups in total. The fourth-order valence-electron chi connectivity index (χ4n) is 3.13. The van der Waals surface area contributed by atoms with Crippen molar-refractivity contribution in [3.8, 4) is 0 Å². The Morgan fingerprint density at radius 2 is 1.39 bits per heavy atom. The molecule has 1 rings (SSSR count). The minimum absolute atomic E-state index is 0.0628. The molecule has 0 aromatic carbocycles. The Labute approximate surface area is 206 Å². The summed E-state index contributed by atoms with van der Waals surface area (Å²) in [5.74, 6) is 0.103. The molecular formula is C26H51NO4Si2. The zero-order valence-corrected chi connectivity index (χ0v) is 25.2. The van der Waals surface area contributed by atoms with E-state index >= 15 is 0 Å². The molecule has 0 aromatic rings. The van der Waals surface area contributed by atoms with Gasteiger partial charge in [0.1, 0.15) is 12.2 Å². The first kappa shape index (κ1) is 30.3. The Kier molecular flexibility index (Phi) is 11.3. The Hall–Kier alpha value is -0.736. The van der Waals surface area contributed by atoms with Crippen LogP contribution in [0.5, 0.6) is 0 Å². The van der Waals surface area contributed by atoms with Crippen LogP contribution in [0.3, 0.4) is 0 Å². The molecule has 1 aliphatic rings. The molecule has 0 saturated heterocycles. The maximum atomic E-state index is 12.1. The number of allylic oxidation sites excluding steroid dienone is 1. The van der Waals surface area contributed by atoms with Crippen molar-refractivity contribution < 1.29 is 18.4 Å². The lowest BCUT2D eigenvalue weighted by Gasteiger charge is -2.45. The summed E-state index contributed by atoms with van der Waals surface area (Å²) in [6.07, 6.45) is 11.0. The highest BCUT2D eigenvalue weighted by Gasteiger charge is 2.46. The van der Waals surface area contributed by atoms with Gasteiger partial charge in [0.25, 0.3) is 0 Å². The largest absolute Gasteiger partial charge is 0.408 e. The number of amides is 1. The van der Waals surface area contributed by atoms with Crippen LogP contribution in [0.25, 0.3) is 0 Å². The summed E-state index contributed by atoms with van der Waals surface area (Å²) in [6, 6.07) is 0. The third-order valence-electron chi connectivity index (χ3n) is 7.49. The first-order valence-electron chi connectivity index (χ1n) is 12.5. The quantitative estimate of drug-likeness (QED) is 0.344. The summed E-state index contributed by atoms with van der Waals surface area (Å²) in [5, 5.41) is 3.14. The Balaban J connectivity index is 3.48. The zero-order chi connectivity index (χ0) is 25.5. The van der Waals surface area contributed by atoms with Gasteiger partial charge in [0.2, 0.25) is 5.91 Å². The second-order valence-electron chi connectivity index (χ2n) is 12.3. The second-order valence-corrected chi connectivity index (χ2v) is 21.8. The van der Waals surface area contributed by atoms with Crippen molar-refractivity contribution in [3.63, 3.8) is 0 Å². The van der Waals surface area contributed by atoms with Gasteiger partial charge in [0.15, 0.2) is 16.6 Å². The number of hydrogen-bond donors (Lipinski definition) is 1. The van der Waals surface area contributed by atoms with Crippen LogP contribution in [0.15, 0.2) is 24.3 Å². The fourth-order valence-corrected chi connectivity index (χ4v) is 5.68. The van der Waals surface area contributed by atoms with Gasteiger partial charge in [-0.3, -0.25) is 4.79 Å². The summed E-state index contributed by atoms with van der Waals surface area (Å²) in [4.78, 5) is 12.1. The van der Waals surface area contributed by atoms with Gasteiger partial charge < -0.3 is 18.9 Å².